The first kappa shape index (κ1) is 13.9. The molecule has 1 unspecified atom stereocenters. The number of hydrogen-bond donors (Lipinski definition) is 3. The minimum absolute atomic E-state index is 0.0903. The highest BCUT2D eigenvalue weighted by atomic mass is 32.2. The second-order valence-corrected chi connectivity index (χ2v) is 5.55. The first-order valence-electron chi connectivity index (χ1n) is 5.44. The van der Waals surface area contributed by atoms with E-state index in [9.17, 15) is 8.42 Å². The number of hydrogen-bond acceptors (Lipinski definition) is 5. The van der Waals surface area contributed by atoms with Gasteiger partial charge in [-0.1, -0.05) is 13.3 Å². The summed E-state index contributed by atoms with van der Waals surface area (Å²) in [6, 6.07) is 2.73. The van der Waals surface area contributed by atoms with Crippen molar-refractivity contribution in [3.63, 3.8) is 0 Å². The maximum atomic E-state index is 12.0. The van der Waals surface area contributed by atoms with Crippen molar-refractivity contribution in [1.82, 2.24) is 9.71 Å². The van der Waals surface area contributed by atoms with E-state index in [1.807, 2.05) is 13.8 Å². The van der Waals surface area contributed by atoms with E-state index in [4.69, 9.17) is 5.84 Å². The second-order valence-electron chi connectivity index (χ2n) is 3.83. The first-order chi connectivity index (χ1) is 7.99. The standard InChI is InChI=1S/C10H18N4O2S/c1-3-4-8(2)14-17(15,16)9-5-6-12-10(7-9)13-11/h5-8,14H,3-4,11H2,1-2H3,(H,12,13). The Balaban J connectivity index is 2.89. The van der Waals surface area contributed by atoms with E-state index in [0.29, 0.717) is 5.82 Å². The number of nitrogens with one attached hydrogen (secondary N) is 2. The molecule has 0 fully saturated rings. The van der Waals surface area contributed by atoms with E-state index in [1.165, 1.54) is 18.3 Å². The Morgan fingerprint density at radius 2 is 2.24 bits per heavy atom. The topological polar surface area (TPSA) is 97.1 Å². The molecule has 1 aromatic heterocycles. The van der Waals surface area contributed by atoms with Gasteiger partial charge in [-0.25, -0.2) is 24.0 Å². The van der Waals surface area contributed by atoms with Crippen LogP contribution in [0.5, 0.6) is 0 Å². The van der Waals surface area contributed by atoms with Crippen LogP contribution in [0.3, 0.4) is 0 Å². The average molecular weight is 258 g/mol. The first-order valence-corrected chi connectivity index (χ1v) is 6.93. The van der Waals surface area contributed by atoms with E-state index < -0.39 is 10.0 Å². The lowest BCUT2D eigenvalue weighted by molar-refractivity contribution is 0.544. The van der Waals surface area contributed by atoms with Crippen LogP contribution in [-0.2, 0) is 10.0 Å². The molecule has 96 valence electrons. The Labute approximate surface area is 102 Å². The summed E-state index contributed by atoms with van der Waals surface area (Å²) in [5.41, 5.74) is 2.31. The van der Waals surface area contributed by atoms with Crippen LogP contribution in [0.15, 0.2) is 23.2 Å². The van der Waals surface area contributed by atoms with Crippen LogP contribution >= 0.6 is 0 Å². The molecule has 17 heavy (non-hydrogen) atoms. The number of nitrogens with two attached hydrogens (primary N) is 1. The normalized spacial score (nSPS) is 13.4. The maximum Gasteiger partial charge on any atom is 0.240 e. The highest BCUT2D eigenvalue weighted by Gasteiger charge is 2.17. The van der Waals surface area contributed by atoms with Gasteiger partial charge in [-0.2, -0.15) is 0 Å². The molecule has 1 heterocycles. The van der Waals surface area contributed by atoms with E-state index in [1.54, 1.807) is 0 Å². The summed E-state index contributed by atoms with van der Waals surface area (Å²) in [6.07, 6.45) is 3.12. The number of nitrogens with zero attached hydrogens (tertiary/aromatic N) is 1. The van der Waals surface area contributed by atoms with Crippen molar-refractivity contribution in [2.24, 2.45) is 5.84 Å². The Hall–Kier alpha value is -1.18. The van der Waals surface area contributed by atoms with Crippen LogP contribution in [0.2, 0.25) is 0 Å². The molecule has 0 saturated carbocycles. The Bertz CT molecular complexity index is 461. The molecule has 0 aliphatic heterocycles. The molecule has 0 saturated heterocycles. The molecule has 7 heteroatoms. The van der Waals surface area contributed by atoms with Gasteiger partial charge in [0.05, 0.1) is 4.90 Å². The van der Waals surface area contributed by atoms with E-state index in [-0.39, 0.29) is 10.9 Å². The van der Waals surface area contributed by atoms with Gasteiger partial charge < -0.3 is 5.43 Å². The smallest absolute Gasteiger partial charge is 0.240 e. The fourth-order valence-corrected chi connectivity index (χ4v) is 2.77. The third-order valence-corrected chi connectivity index (χ3v) is 3.85. The largest absolute Gasteiger partial charge is 0.308 e. The van der Waals surface area contributed by atoms with Crippen molar-refractivity contribution in [3.8, 4) is 0 Å². The number of sulfonamides is 1. The fourth-order valence-electron chi connectivity index (χ4n) is 1.48. The fraction of sp³-hybridized carbons (Fsp3) is 0.500. The SMILES string of the molecule is CCCC(C)NS(=O)(=O)c1ccnc(NN)c1. The van der Waals surface area contributed by atoms with Gasteiger partial charge in [-0.3, -0.25) is 0 Å². The van der Waals surface area contributed by atoms with E-state index >= 15 is 0 Å². The van der Waals surface area contributed by atoms with Crippen LogP contribution in [0.4, 0.5) is 5.82 Å². The molecule has 1 rings (SSSR count). The summed E-state index contributed by atoms with van der Waals surface area (Å²) in [5.74, 6) is 5.50. The summed E-state index contributed by atoms with van der Waals surface area (Å²) >= 11 is 0. The zero-order valence-corrected chi connectivity index (χ0v) is 10.8. The molecule has 0 bridgehead atoms. The van der Waals surface area contributed by atoms with Crippen LogP contribution in [0.1, 0.15) is 26.7 Å². The molecule has 0 radical (unpaired) electrons. The number of aromatic nitrogens is 1. The number of nitrogen functional groups attached to an aromatic ring is 1. The zero-order valence-electron chi connectivity index (χ0n) is 9.97. The van der Waals surface area contributed by atoms with Crippen molar-refractivity contribution >= 4 is 15.8 Å². The molecule has 0 spiro atoms. The Morgan fingerprint density at radius 1 is 1.53 bits per heavy atom. The van der Waals surface area contributed by atoms with Gasteiger partial charge in [0.2, 0.25) is 10.0 Å². The molecule has 0 amide bonds. The quantitative estimate of drug-likeness (QED) is 0.519. The lowest BCUT2D eigenvalue weighted by atomic mass is 10.2. The number of anilines is 1. The molecule has 0 aliphatic rings. The Morgan fingerprint density at radius 3 is 2.82 bits per heavy atom. The molecule has 1 aromatic rings. The van der Waals surface area contributed by atoms with Gasteiger partial charge in [-0.15, -0.1) is 0 Å². The summed E-state index contributed by atoms with van der Waals surface area (Å²) in [4.78, 5) is 4.01. The highest BCUT2D eigenvalue weighted by Crippen LogP contribution is 2.12. The zero-order chi connectivity index (χ0) is 12.9. The molecule has 6 nitrogen and oxygen atoms in total. The molecule has 0 aliphatic carbocycles. The van der Waals surface area contributed by atoms with Crippen LogP contribution < -0.4 is 16.0 Å². The van der Waals surface area contributed by atoms with Crippen molar-refractivity contribution in [3.05, 3.63) is 18.3 Å². The van der Waals surface area contributed by atoms with Gasteiger partial charge >= 0.3 is 0 Å². The van der Waals surface area contributed by atoms with Crippen LogP contribution in [0, 0.1) is 0 Å². The summed E-state index contributed by atoms with van der Waals surface area (Å²) in [5, 5.41) is 0. The lowest BCUT2D eigenvalue weighted by Crippen LogP contribution is -2.32. The van der Waals surface area contributed by atoms with Gasteiger partial charge in [0, 0.05) is 18.3 Å². The predicted molar refractivity (Wildman–Crippen MR) is 66.7 cm³/mol. The van der Waals surface area contributed by atoms with Gasteiger partial charge in [0.25, 0.3) is 0 Å². The van der Waals surface area contributed by atoms with Crippen molar-refractivity contribution < 1.29 is 8.42 Å². The molecular formula is C10H18N4O2S. The van der Waals surface area contributed by atoms with Gasteiger partial charge in [0.1, 0.15) is 5.82 Å². The van der Waals surface area contributed by atoms with E-state index in [0.717, 1.165) is 12.8 Å². The number of pyridine rings is 1. The molecule has 0 aromatic carbocycles. The minimum Gasteiger partial charge on any atom is -0.308 e. The van der Waals surface area contributed by atoms with Crippen molar-refractivity contribution in [1.29, 1.82) is 0 Å². The lowest BCUT2D eigenvalue weighted by Gasteiger charge is -2.13. The van der Waals surface area contributed by atoms with E-state index in [2.05, 4.69) is 15.1 Å². The van der Waals surface area contributed by atoms with Crippen molar-refractivity contribution in [2.45, 2.75) is 37.6 Å². The van der Waals surface area contributed by atoms with Crippen LogP contribution in [-0.4, -0.2) is 19.4 Å². The van der Waals surface area contributed by atoms with Gasteiger partial charge in [-0.05, 0) is 19.4 Å². The average Bonchev–Trinajstić information content (AvgIpc) is 2.28. The molecule has 1 atom stereocenters. The summed E-state index contributed by atoms with van der Waals surface area (Å²) in [6.45, 7) is 3.85. The number of rotatable bonds is 6. The maximum absolute atomic E-state index is 12.0. The third kappa shape index (κ3) is 3.95. The van der Waals surface area contributed by atoms with Crippen molar-refractivity contribution in [2.75, 3.05) is 5.43 Å². The third-order valence-electron chi connectivity index (χ3n) is 2.27. The summed E-state index contributed by atoms with van der Waals surface area (Å²) in [7, 11) is -3.50. The Kier molecular flexibility index (Phi) is 4.86. The molecule has 4 N–H and O–H groups in total. The highest BCUT2D eigenvalue weighted by molar-refractivity contribution is 7.89. The van der Waals surface area contributed by atoms with Crippen LogP contribution in [0.25, 0.3) is 0 Å². The minimum atomic E-state index is -3.50. The number of hydrazine groups is 1. The second kappa shape index (κ2) is 5.95. The monoisotopic (exact) mass is 258 g/mol. The predicted octanol–water partition coefficient (Wildman–Crippen LogP) is 0.834. The van der Waals surface area contributed by atoms with Gasteiger partial charge in [0.15, 0.2) is 0 Å². The summed E-state index contributed by atoms with van der Waals surface area (Å²) < 4.78 is 26.6. The molecular weight excluding hydrogens is 240 g/mol.